The molecule has 0 amide bonds. The first kappa shape index (κ1) is 13.5. The molecular formula is C20H17N3. The zero-order valence-corrected chi connectivity index (χ0v) is 12.6. The van der Waals surface area contributed by atoms with E-state index in [-0.39, 0.29) is 0 Å². The van der Waals surface area contributed by atoms with Crippen molar-refractivity contribution in [1.82, 2.24) is 4.57 Å². The molecule has 1 aromatic heterocycles. The molecule has 4 rings (SSSR count). The summed E-state index contributed by atoms with van der Waals surface area (Å²) in [7, 11) is 0. The summed E-state index contributed by atoms with van der Waals surface area (Å²) in [6, 6.07) is 24.5. The van der Waals surface area contributed by atoms with E-state index in [9.17, 15) is 0 Å². The van der Waals surface area contributed by atoms with E-state index < -0.39 is 0 Å². The molecule has 3 heteroatoms. The summed E-state index contributed by atoms with van der Waals surface area (Å²) in [4.78, 5) is 0. The quantitative estimate of drug-likeness (QED) is 0.537. The van der Waals surface area contributed by atoms with Crippen molar-refractivity contribution in [2.45, 2.75) is 0 Å². The van der Waals surface area contributed by atoms with Crippen LogP contribution < -0.4 is 11.5 Å². The minimum absolute atomic E-state index is 0.774. The number of nitrogen functional groups attached to an aromatic ring is 2. The predicted molar refractivity (Wildman–Crippen MR) is 97.5 cm³/mol. The maximum absolute atomic E-state index is 5.77. The van der Waals surface area contributed by atoms with Crippen LogP contribution in [0.2, 0.25) is 0 Å². The summed E-state index contributed by atoms with van der Waals surface area (Å²) >= 11 is 0. The SMILES string of the molecule is Nc1ccc(-c2ccc3c(ccn3-c3ccc(N)cc3)c2)cc1. The molecule has 0 spiro atoms. The largest absolute Gasteiger partial charge is 0.399 e. The first-order valence-corrected chi connectivity index (χ1v) is 7.54. The van der Waals surface area contributed by atoms with Crippen LogP contribution in [0.15, 0.2) is 79.0 Å². The van der Waals surface area contributed by atoms with Crippen LogP contribution in [0.25, 0.3) is 27.7 Å². The van der Waals surface area contributed by atoms with Crippen molar-refractivity contribution in [1.29, 1.82) is 0 Å². The molecule has 0 aliphatic heterocycles. The Hall–Kier alpha value is -3.20. The lowest BCUT2D eigenvalue weighted by Crippen LogP contribution is -1.92. The van der Waals surface area contributed by atoms with Gasteiger partial charge in [0.05, 0.1) is 5.52 Å². The number of nitrogens with zero attached hydrogens (tertiary/aromatic N) is 1. The molecule has 112 valence electrons. The Labute approximate surface area is 134 Å². The lowest BCUT2D eigenvalue weighted by atomic mass is 10.0. The van der Waals surface area contributed by atoms with Crippen molar-refractivity contribution in [3.63, 3.8) is 0 Å². The van der Waals surface area contributed by atoms with Gasteiger partial charge in [-0.2, -0.15) is 0 Å². The van der Waals surface area contributed by atoms with Crippen molar-refractivity contribution in [3.05, 3.63) is 79.0 Å². The molecule has 0 radical (unpaired) electrons. The van der Waals surface area contributed by atoms with E-state index in [1.165, 1.54) is 22.0 Å². The molecule has 1 heterocycles. The fourth-order valence-corrected chi connectivity index (χ4v) is 2.86. The average Bonchev–Trinajstić information content (AvgIpc) is 2.99. The highest BCUT2D eigenvalue weighted by atomic mass is 15.0. The lowest BCUT2D eigenvalue weighted by Gasteiger charge is -2.07. The Morgan fingerprint density at radius 3 is 1.91 bits per heavy atom. The second-order valence-electron chi connectivity index (χ2n) is 5.67. The van der Waals surface area contributed by atoms with Gasteiger partial charge >= 0.3 is 0 Å². The van der Waals surface area contributed by atoms with E-state index in [1.807, 2.05) is 48.5 Å². The Kier molecular flexibility index (Phi) is 3.05. The summed E-state index contributed by atoms with van der Waals surface area (Å²) in [6.45, 7) is 0. The van der Waals surface area contributed by atoms with Gasteiger partial charge in [0.15, 0.2) is 0 Å². The molecule has 4 N–H and O–H groups in total. The van der Waals surface area contributed by atoms with Gasteiger partial charge in [-0.3, -0.25) is 0 Å². The van der Waals surface area contributed by atoms with Crippen molar-refractivity contribution in [3.8, 4) is 16.8 Å². The predicted octanol–water partition coefficient (Wildman–Crippen LogP) is 4.46. The van der Waals surface area contributed by atoms with Crippen LogP contribution in [-0.2, 0) is 0 Å². The Morgan fingerprint density at radius 1 is 0.609 bits per heavy atom. The fourth-order valence-electron chi connectivity index (χ4n) is 2.86. The average molecular weight is 299 g/mol. The molecule has 0 fully saturated rings. The third-order valence-electron chi connectivity index (χ3n) is 4.11. The van der Waals surface area contributed by atoms with Gasteiger partial charge in [0.1, 0.15) is 0 Å². The van der Waals surface area contributed by atoms with Crippen LogP contribution in [-0.4, -0.2) is 4.57 Å². The minimum Gasteiger partial charge on any atom is -0.399 e. The summed E-state index contributed by atoms with van der Waals surface area (Å²) in [5, 5.41) is 1.20. The first-order valence-electron chi connectivity index (χ1n) is 7.54. The van der Waals surface area contributed by atoms with Gasteiger partial charge in [0.25, 0.3) is 0 Å². The molecule has 0 saturated carbocycles. The third kappa shape index (κ3) is 2.42. The van der Waals surface area contributed by atoms with E-state index in [0.29, 0.717) is 0 Å². The number of rotatable bonds is 2. The minimum atomic E-state index is 0.774. The van der Waals surface area contributed by atoms with E-state index in [0.717, 1.165) is 17.1 Å². The van der Waals surface area contributed by atoms with Crippen LogP contribution in [0.4, 0.5) is 11.4 Å². The third-order valence-corrected chi connectivity index (χ3v) is 4.11. The number of anilines is 2. The second-order valence-corrected chi connectivity index (χ2v) is 5.67. The smallest absolute Gasteiger partial charge is 0.0528 e. The first-order chi connectivity index (χ1) is 11.2. The normalized spacial score (nSPS) is 11.0. The standard InChI is InChI=1S/C20H17N3/c21-17-4-1-14(2-5-17)15-3-10-20-16(13-15)11-12-23(20)19-8-6-18(22)7-9-19/h1-13H,21-22H2. The van der Waals surface area contributed by atoms with Crippen LogP contribution >= 0.6 is 0 Å². The second kappa shape index (κ2) is 5.21. The van der Waals surface area contributed by atoms with Crippen LogP contribution in [0.3, 0.4) is 0 Å². The molecule has 0 bridgehead atoms. The number of aromatic nitrogens is 1. The van der Waals surface area contributed by atoms with Gasteiger partial charge < -0.3 is 16.0 Å². The summed E-state index contributed by atoms with van der Waals surface area (Å²) < 4.78 is 2.17. The van der Waals surface area contributed by atoms with Crippen LogP contribution in [0.5, 0.6) is 0 Å². The van der Waals surface area contributed by atoms with Gasteiger partial charge in [0.2, 0.25) is 0 Å². The topological polar surface area (TPSA) is 57.0 Å². The summed E-state index contributed by atoms with van der Waals surface area (Å²) in [5.74, 6) is 0. The Bertz CT molecular complexity index is 964. The van der Waals surface area contributed by atoms with Crippen molar-refractivity contribution >= 4 is 22.3 Å². The van der Waals surface area contributed by atoms with E-state index in [4.69, 9.17) is 11.5 Å². The van der Waals surface area contributed by atoms with Gasteiger partial charge in [-0.15, -0.1) is 0 Å². The molecule has 0 aliphatic rings. The van der Waals surface area contributed by atoms with Gasteiger partial charge in [-0.1, -0.05) is 18.2 Å². The molecule has 3 nitrogen and oxygen atoms in total. The van der Waals surface area contributed by atoms with Crippen molar-refractivity contribution in [2.24, 2.45) is 0 Å². The molecule has 4 aromatic rings. The molecule has 0 unspecified atom stereocenters. The molecule has 23 heavy (non-hydrogen) atoms. The Morgan fingerprint density at radius 2 is 1.22 bits per heavy atom. The Balaban J connectivity index is 1.79. The molecule has 3 aromatic carbocycles. The fraction of sp³-hybridized carbons (Fsp3) is 0. The van der Waals surface area contributed by atoms with Crippen molar-refractivity contribution < 1.29 is 0 Å². The molecule has 0 atom stereocenters. The van der Waals surface area contributed by atoms with E-state index in [2.05, 4.69) is 35.0 Å². The van der Waals surface area contributed by atoms with Gasteiger partial charge in [-0.25, -0.2) is 0 Å². The van der Waals surface area contributed by atoms with Crippen LogP contribution in [0.1, 0.15) is 0 Å². The number of fused-ring (bicyclic) bond motifs is 1. The van der Waals surface area contributed by atoms with E-state index >= 15 is 0 Å². The van der Waals surface area contributed by atoms with Gasteiger partial charge in [-0.05, 0) is 65.7 Å². The lowest BCUT2D eigenvalue weighted by molar-refractivity contribution is 1.13. The molecular weight excluding hydrogens is 282 g/mol. The van der Waals surface area contributed by atoms with E-state index in [1.54, 1.807) is 0 Å². The van der Waals surface area contributed by atoms with Crippen LogP contribution in [0, 0.1) is 0 Å². The maximum atomic E-state index is 5.77. The maximum Gasteiger partial charge on any atom is 0.0528 e. The highest BCUT2D eigenvalue weighted by Crippen LogP contribution is 2.27. The number of nitrogens with two attached hydrogens (primary N) is 2. The highest BCUT2D eigenvalue weighted by molar-refractivity contribution is 5.87. The number of benzene rings is 3. The number of hydrogen-bond acceptors (Lipinski definition) is 2. The van der Waals surface area contributed by atoms with Crippen molar-refractivity contribution in [2.75, 3.05) is 11.5 Å². The number of hydrogen-bond donors (Lipinski definition) is 2. The zero-order chi connectivity index (χ0) is 15.8. The molecule has 0 saturated heterocycles. The highest BCUT2D eigenvalue weighted by Gasteiger charge is 2.05. The summed E-state index contributed by atoms with van der Waals surface area (Å²) in [6.07, 6.45) is 2.09. The molecule has 0 aliphatic carbocycles. The zero-order valence-electron chi connectivity index (χ0n) is 12.6. The van der Waals surface area contributed by atoms with Gasteiger partial charge in [0, 0.05) is 28.6 Å². The monoisotopic (exact) mass is 299 g/mol. The summed E-state index contributed by atoms with van der Waals surface area (Å²) in [5.41, 5.74) is 17.7.